The molecule has 0 spiro atoms. The molecule has 0 atom stereocenters. The zero-order valence-corrected chi connectivity index (χ0v) is 10.9. The highest BCUT2D eigenvalue weighted by Crippen LogP contribution is 2.31. The Hall–Kier alpha value is -1.77. The van der Waals surface area contributed by atoms with Crippen LogP contribution in [-0.2, 0) is 7.05 Å². The van der Waals surface area contributed by atoms with Gasteiger partial charge in [0.15, 0.2) is 5.78 Å². The SMILES string of the molecule is COc1cc(C)c2c(c1)c(C(C)=O)c(C)n2C. The number of benzene rings is 1. The van der Waals surface area contributed by atoms with Crippen molar-refractivity contribution in [3.05, 3.63) is 29.0 Å². The molecule has 17 heavy (non-hydrogen) atoms. The van der Waals surface area contributed by atoms with Crippen molar-refractivity contribution in [2.45, 2.75) is 20.8 Å². The van der Waals surface area contributed by atoms with E-state index in [0.29, 0.717) is 0 Å². The fourth-order valence-electron chi connectivity index (χ4n) is 2.47. The van der Waals surface area contributed by atoms with E-state index in [1.165, 1.54) is 0 Å². The second kappa shape index (κ2) is 3.91. The van der Waals surface area contributed by atoms with Gasteiger partial charge in [-0.2, -0.15) is 0 Å². The van der Waals surface area contributed by atoms with Crippen molar-refractivity contribution in [1.82, 2.24) is 4.57 Å². The summed E-state index contributed by atoms with van der Waals surface area (Å²) in [5.41, 5.74) is 4.03. The predicted octanol–water partition coefficient (Wildman–Crippen LogP) is 3.01. The number of carbonyl (C=O) groups is 1. The van der Waals surface area contributed by atoms with Gasteiger partial charge in [-0.25, -0.2) is 0 Å². The summed E-state index contributed by atoms with van der Waals surface area (Å²) in [7, 11) is 3.63. The first-order chi connectivity index (χ1) is 7.97. The number of hydrogen-bond acceptors (Lipinski definition) is 2. The summed E-state index contributed by atoms with van der Waals surface area (Å²) in [5.74, 6) is 0.892. The van der Waals surface area contributed by atoms with Crippen LogP contribution in [0.1, 0.15) is 28.5 Å². The molecule has 2 aromatic rings. The van der Waals surface area contributed by atoms with Crippen molar-refractivity contribution in [2.24, 2.45) is 7.05 Å². The number of fused-ring (bicyclic) bond motifs is 1. The zero-order valence-electron chi connectivity index (χ0n) is 10.9. The summed E-state index contributed by atoms with van der Waals surface area (Å²) in [6.07, 6.45) is 0. The van der Waals surface area contributed by atoms with Crippen molar-refractivity contribution in [2.75, 3.05) is 7.11 Å². The molecule has 0 amide bonds. The first kappa shape index (κ1) is 11.7. The number of aromatic nitrogens is 1. The molecule has 3 heteroatoms. The van der Waals surface area contributed by atoms with Gasteiger partial charge in [-0.3, -0.25) is 4.79 Å². The molecular formula is C14H17NO2. The summed E-state index contributed by atoms with van der Waals surface area (Å²) < 4.78 is 7.34. The van der Waals surface area contributed by atoms with Gasteiger partial charge in [0.1, 0.15) is 5.75 Å². The lowest BCUT2D eigenvalue weighted by Gasteiger charge is -2.05. The third-order valence-electron chi connectivity index (χ3n) is 3.33. The minimum atomic E-state index is 0.0979. The van der Waals surface area contributed by atoms with Gasteiger partial charge in [0, 0.05) is 23.7 Å². The Kier molecular flexibility index (Phi) is 2.69. The Balaban J connectivity index is 2.95. The van der Waals surface area contributed by atoms with Gasteiger partial charge in [-0.05, 0) is 38.5 Å². The molecule has 1 heterocycles. The Morgan fingerprint density at radius 3 is 2.47 bits per heavy atom. The number of ketones is 1. The molecule has 0 aliphatic carbocycles. The topological polar surface area (TPSA) is 31.2 Å². The van der Waals surface area contributed by atoms with Crippen LogP contribution in [0.2, 0.25) is 0 Å². The summed E-state index contributed by atoms with van der Waals surface area (Å²) in [4.78, 5) is 11.8. The summed E-state index contributed by atoms with van der Waals surface area (Å²) in [6, 6.07) is 3.93. The van der Waals surface area contributed by atoms with E-state index >= 15 is 0 Å². The van der Waals surface area contributed by atoms with Crippen molar-refractivity contribution in [1.29, 1.82) is 0 Å². The van der Waals surface area contributed by atoms with Gasteiger partial charge in [0.2, 0.25) is 0 Å². The molecule has 3 nitrogen and oxygen atoms in total. The highest BCUT2D eigenvalue weighted by Gasteiger charge is 2.17. The molecule has 0 N–H and O–H groups in total. The van der Waals surface area contributed by atoms with E-state index in [0.717, 1.165) is 33.5 Å². The number of nitrogens with zero attached hydrogens (tertiary/aromatic N) is 1. The Morgan fingerprint density at radius 2 is 1.94 bits per heavy atom. The maximum Gasteiger partial charge on any atom is 0.162 e. The Morgan fingerprint density at radius 1 is 1.29 bits per heavy atom. The molecule has 0 saturated heterocycles. The minimum Gasteiger partial charge on any atom is -0.497 e. The van der Waals surface area contributed by atoms with Gasteiger partial charge in [0.25, 0.3) is 0 Å². The van der Waals surface area contributed by atoms with Crippen molar-refractivity contribution in [3.63, 3.8) is 0 Å². The first-order valence-corrected chi connectivity index (χ1v) is 5.62. The van der Waals surface area contributed by atoms with Crippen molar-refractivity contribution in [3.8, 4) is 5.75 Å². The van der Waals surface area contributed by atoms with E-state index in [2.05, 4.69) is 4.57 Å². The van der Waals surface area contributed by atoms with Crippen molar-refractivity contribution < 1.29 is 9.53 Å². The maximum atomic E-state index is 11.8. The van der Waals surface area contributed by atoms with E-state index in [9.17, 15) is 4.79 Å². The van der Waals surface area contributed by atoms with E-state index < -0.39 is 0 Å². The van der Waals surface area contributed by atoms with Crippen LogP contribution in [0, 0.1) is 13.8 Å². The van der Waals surface area contributed by atoms with E-state index in [1.54, 1.807) is 14.0 Å². The van der Waals surface area contributed by atoms with E-state index in [1.807, 2.05) is 33.0 Å². The summed E-state index contributed by atoms with van der Waals surface area (Å²) in [6.45, 7) is 5.62. The van der Waals surface area contributed by atoms with Crippen LogP contribution in [-0.4, -0.2) is 17.5 Å². The van der Waals surface area contributed by atoms with Crippen LogP contribution < -0.4 is 4.74 Å². The van der Waals surface area contributed by atoms with Crippen LogP contribution >= 0.6 is 0 Å². The second-order valence-corrected chi connectivity index (χ2v) is 4.42. The average molecular weight is 231 g/mol. The normalized spacial score (nSPS) is 10.9. The third kappa shape index (κ3) is 1.62. The number of hydrogen-bond donors (Lipinski definition) is 0. The van der Waals surface area contributed by atoms with E-state index in [-0.39, 0.29) is 5.78 Å². The fraction of sp³-hybridized carbons (Fsp3) is 0.357. The number of aryl methyl sites for hydroxylation is 2. The van der Waals surface area contributed by atoms with Crippen LogP contribution in [0.3, 0.4) is 0 Å². The predicted molar refractivity (Wildman–Crippen MR) is 68.9 cm³/mol. The smallest absolute Gasteiger partial charge is 0.162 e. The molecule has 0 bridgehead atoms. The van der Waals surface area contributed by atoms with Crippen LogP contribution in [0.5, 0.6) is 5.75 Å². The summed E-state index contributed by atoms with van der Waals surface area (Å²) in [5, 5.41) is 0.981. The third-order valence-corrected chi connectivity index (χ3v) is 3.33. The van der Waals surface area contributed by atoms with Gasteiger partial charge in [-0.15, -0.1) is 0 Å². The maximum absolute atomic E-state index is 11.8. The molecule has 0 saturated carbocycles. The van der Waals surface area contributed by atoms with Gasteiger partial charge >= 0.3 is 0 Å². The molecular weight excluding hydrogens is 214 g/mol. The van der Waals surface area contributed by atoms with Gasteiger partial charge in [-0.1, -0.05) is 0 Å². The van der Waals surface area contributed by atoms with Gasteiger partial charge in [0.05, 0.1) is 12.6 Å². The highest BCUT2D eigenvalue weighted by molar-refractivity contribution is 6.09. The monoisotopic (exact) mass is 231 g/mol. The molecule has 2 rings (SSSR count). The van der Waals surface area contributed by atoms with Crippen LogP contribution in [0.15, 0.2) is 12.1 Å². The molecule has 90 valence electrons. The number of Topliss-reactive ketones (excluding diaryl/α,β-unsaturated/α-hetero) is 1. The highest BCUT2D eigenvalue weighted by atomic mass is 16.5. The first-order valence-electron chi connectivity index (χ1n) is 5.62. The molecule has 0 unspecified atom stereocenters. The standard InChI is InChI=1S/C14H17NO2/c1-8-6-11(17-5)7-12-13(10(3)16)9(2)15(4)14(8)12/h6-7H,1-5H3. The van der Waals surface area contributed by atoms with Crippen molar-refractivity contribution >= 4 is 16.7 Å². The quantitative estimate of drug-likeness (QED) is 0.744. The Bertz CT molecular complexity index is 608. The largest absolute Gasteiger partial charge is 0.497 e. The average Bonchev–Trinajstić information content (AvgIpc) is 2.51. The lowest BCUT2D eigenvalue weighted by Crippen LogP contribution is -1.96. The lowest BCUT2D eigenvalue weighted by molar-refractivity contribution is 0.101. The molecule has 0 aliphatic rings. The van der Waals surface area contributed by atoms with Gasteiger partial charge < -0.3 is 9.30 Å². The fourth-order valence-corrected chi connectivity index (χ4v) is 2.47. The minimum absolute atomic E-state index is 0.0979. The Labute approximate surface area is 101 Å². The number of methoxy groups -OCH3 is 1. The number of rotatable bonds is 2. The molecule has 1 aromatic heterocycles. The molecule has 1 aromatic carbocycles. The summed E-state index contributed by atoms with van der Waals surface area (Å²) >= 11 is 0. The number of ether oxygens (including phenoxy) is 1. The molecule has 0 aliphatic heterocycles. The van der Waals surface area contributed by atoms with Crippen LogP contribution in [0.25, 0.3) is 10.9 Å². The second-order valence-electron chi connectivity index (χ2n) is 4.42. The molecule has 0 radical (unpaired) electrons. The number of carbonyl (C=O) groups excluding carboxylic acids is 1. The lowest BCUT2D eigenvalue weighted by atomic mass is 10.1. The molecule has 0 fully saturated rings. The zero-order chi connectivity index (χ0) is 12.7. The van der Waals surface area contributed by atoms with Crippen LogP contribution in [0.4, 0.5) is 0 Å². The van der Waals surface area contributed by atoms with E-state index in [4.69, 9.17) is 4.74 Å².